The molecule has 2 heterocycles. The van der Waals surface area contributed by atoms with Crippen molar-refractivity contribution in [1.82, 2.24) is 4.98 Å². The van der Waals surface area contributed by atoms with E-state index >= 15 is 0 Å². The highest BCUT2D eigenvalue weighted by Crippen LogP contribution is 2.33. The zero-order valence-electron chi connectivity index (χ0n) is 11.5. The van der Waals surface area contributed by atoms with E-state index in [1.54, 1.807) is 0 Å². The average molecular weight is 255 g/mol. The third-order valence-corrected chi connectivity index (χ3v) is 4.27. The number of anilines is 2. The lowest BCUT2D eigenvalue weighted by atomic mass is 9.94. The van der Waals surface area contributed by atoms with Gasteiger partial charge in [-0.1, -0.05) is 13.3 Å². The Hall–Kier alpha value is -1.77. The number of nitrogen functional groups attached to an aromatic ring is 1. The summed E-state index contributed by atoms with van der Waals surface area (Å²) in [6.07, 6.45) is 7.66. The van der Waals surface area contributed by atoms with Crippen LogP contribution in [-0.4, -0.2) is 18.1 Å². The second kappa shape index (κ2) is 5.08. The Labute approximate surface area is 114 Å². The molecule has 1 saturated heterocycles. The molecule has 0 radical (unpaired) electrons. The molecule has 2 N–H and O–H groups in total. The molecule has 0 amide bonds. The fourth-order valence-corrected chi connectivity index (χ4v) is 3.09. The standard InChI is InChI=1S/C16H21N3/c1-2-12-4-3-9-19(11-12)16-6-5-15(17)13-7-8-18-10-14(13)16/h5-8,10,12H,2-4,9,11,17H2,1H3. The summed E-state index contributed by atoms with van der Waals surface area (Å²) in [5.41, 5.74) is 8.19. The molecule has 100 valence electrons. The summed E-state index contributed by atoms with van der Waals surface area (Å²) in [5.74, 6) is 0.818. The van der Waals surface area contributed by atoms with Gasteiger partial charge in [0.1, 0.15) is 0 Å². The molecule has 1 fully saturated rings. The number of pyridine rings is 1. The molecule has 1 aromatic heterocycles. The summed E-state index contributed by atoms with van der Waals surface area (Å²) in [7, 11) is 0. The molecule has 0 aliphatic carbocycles. The zero-order valence-corrected chi connectivity index (χ0v) is 11.5. The van der Waals surface area contributed by atoms with Crippen LogP contribution >= 0.6 is 0 Å². The normalized spacial score (nSPS) is 19.8. The van der Waals surface area contributed by atoms with Gasteiger partial charge in [-0.25, -0.2) is 0 Å². The van der Waals surface area contributed by atoms with Crippen molar-refractivity contribution in [2.75, 3.05) is 23.7 Å². The van der Waals surface area contributed by atoms with E-state index in [9.17, 15) is 0 Å². The number of hydrogen-bond donors (Lipinski definition) is 1. The minimum absolute atomic E-state index is 0.818. The first-order valence-corrected chi connectivity index (χ1v) is 7.16. The number of rotatable bonds is 2. The fraction of sp³-hybridized carbons (Fsp3) is 0.438. The van der Waals surface area contributed by atoms with Crippen LogP contribution < -0.4 is 10.6 Å². The van der Waals surface area contributed by atoms with E-state index in [1.807, 2.05) is 24.5 Å². The molecule has 0 bridgehead atoms. The van der Waals surface area contributed by atoms with Gasteiger partial charge >= 0.3 is 0 Å². The minimum atomic E-state index is 0.818. The summed E-state index contributed by atoms with van der Waals surface area (Å²) in [6.45, 7) is 4.59. The van der Waals surface area contributed by atoms with Crippen molar-refractivity contribution in [1.29, 1.82) is 0 Å². The van der Waals surface area contributed by atoms with Crippen LogP contribution in [0.15, 0.2) is 30.6 Å². The topological polar surface area (TPSA) is 42.1 Å². The van der Waals surface area contributed by atoms with Crippen LogP contribution in [0.25, 0.3) is 10.8 Å². The molecular formula is C16H21N3. The van der Waals surface area contributed by atoms with E-state index in [-0.39, 0.29) is 0 Å². The number of benzene rings is 1. The Morgan fingerprint density at radius 1 is 1.32 bits per heavy atom. The fourth-order valence-electron chi connectivity index (χ4n) is 3.09. The monoisotopic (exact) mass is 255 g/mol. The van der Waals surface area contributed by atoms with Crippen molar-refractivity contribution < 1.29 is 0 Å². The summed E-state index contributed by atoms with van der Waals surface area (Å²) in [5, 5.41) is 2.30. The van der Waals surface area contributed by atoms with Gasteiger partial charge in [0.15, 0.2) is 0 Å². The quantitative estimate of drug-likeness (QED) is 0.836. The van der Waals surface area contributed by atoms with Crippen molar-refractivity contribution >= 4 is 22.1 Å². The SMILES string of the molecule is CCC1CCCN(c2ccc(N)c3ccncc23)C1. The third-order valence-electron chi connectivity index (χ3n) is 4.27. The van der Waals surface area contributed by atoms with Crippen LogP contribution in [0.4, 0.5) is 11.4 Å². The minimum Gasteiger partial charge on any atom is -0.398 e. The van der Waals surface area contributed by atoms with E-state index in [0.29, 0.717) is 0 Å². The van der Waals surface area contributed by atoms with Crippen molar-refractivity contribution in [2.24, 2.45) is 5.92 Å². The number of aromatic nitrogens is 1. The van der Waals surface area contributed by atoms with Crippen molar-refractivity contribution in [3.63, 3.8) is 0 Å². The molecule has 3 nitrogen and oxygen atoms in total. The lowest BCUT2D eigenvalue weighted by Crippen LogP contribution is -2.35. The van der Waals surface area contributed by atoms with Crippen LogP contribution in [0.2, 0.25) is 0 Å². The van der Waals surface area contributed by atoms with E-state index in [4.69, 9.17) is 5.73 Å². The Morgan fingerprint density at radius 3 is 3.05 bits per heavy atom. The predicted octanol–water partition coefficient (Wildman–Crippen LogP) is 3.44. The Morgan fingerprint density at radius 2 is 2.21 bits per heavy atom. The summed E-state index contributed by atoms with van der Waals surface area (Å²) in [4.78, 5) is 6.77. The van der Waals surface area contributed by atoms with E-state index in [0.717, 1.165) is 30.1 Å². The number of hydrogen-bond acceptors (Lipinski definition) is 3. The maximum atomic E-state index is 6.06. The maximum absolute atomic E-state index is 6.06. The van der Waals surface area contributed by atoms with Crippen molar-refractivity contribution in [2.45, 2.75) is 26.2 Å². The maximum Gasteiger partial charge on any atom is 0.0463 e. The zero-order chi connectivity index (χ0) is 13.2. The molecule has 1 aliphatic heterocycles. The van der Waals surface area contributed by atoms with Gasteiger partial charge in [0.2, 0.25) is 0 Å². The lowest BCUT2D eigenvalue weighted by Gasteiger charge is -2.34. The Kier molecular flexibility index (Phi) is 3.28. The second-order valence-corrected chi connectivity index (χ2v) is 5.46. The second-order valence-electron chi connectivity index (χ2n) is 5.46. The van der Waals surface area contributed by atoms with Crippen LogP contribution in [0, 0.1) is 5.92 Å². The van der Waals surface area contributed by atoms with Crippen LogP contribution in [0.1, 0.15) is 26.2 Å². The Bertz CT molecular complexity index is 579. The first kappa shape index (κ1) is 12.3. The molecular weight excluding hydrogens is 234 g/mol. The van der Waals surface area contributed by atoms with Crippen molar-refractivity contribution in [3.8, 4) is 0 Å². The predicted molar refractivity (Wildman–Crippen MR) is 81.4 cm³/mol. The van der Waals surface area contributed by atoms with E-state index < -0.39 is 0 Å². The van der Waals surface area contributed by atoms with Gasteiger partial charge in [-0.15, -0.1) is 0 Å². The molecule has 1 aliphatic rings. The van der Waals surface area contributed by atoms with Gasteiger partial charge in [0.25, 0.3) is 0 Å². The highest BCUT2D eigenvalue weighted by Gasteiger charge is 2.20. The van der Waals surface area contributed by atoms with Crippen LogP contribution in [0.3, 0.4) is 0 Å². The number of nitrogens with two attached hydrogens (primary N) is 1. The molecule has 1 unspecified atom stereocenters. The number of fused-ring (bicyclic) bond motifs is 1. The van der Waals surface area contributed by atoms with E-state index in [2.05, 4.69) is 22.9 Å². The van der Waals surface area contributed by atoms with Crippen molar-refractivity contribution in [3.05, 3.63) is 30.6 Å². The lowest BCUT2D eigenvalue weighted by molar-refractivity contribution is 0.405. The molecule has 3 rings (SSSR count). The first-order chi connectivity index (χ1) is 9.29. The third kappa shape index (κ3) is 2.25. The van der Waals surface area contributed by atoms with Gasteiger partial charge in [-0.3, -0.25) is 4.98 Å². The highest BCUT2D eigenvalue weighted by atomic mass is 15.1. The number of piperidine rings is 1. The smallest absolute Gasteiger partial charge is 0.0463 e. The summed E-state index contributed by atoms with van der Waals surface area (Å²) >= 11 is 0. The van der Waals surface area contributed by atoms with Crippen LogP contribution in [0.5, 0.6) is 0 Å². The average Bonchev–Trinajstić information content (AvgIpc) is 2.48. The largest absolute Gasteiger partial charge is 0.398 e. The van der Waals surface area contributed by atoms with Gasteiger partial charge < -0.3 is 10.6 Å². The molecule has 1 atom stereocenters. The summed E-state index contributed by atoms with van der Waals surface area (Å²) < 4.78 is 0. The Balaban J connectivity index is 2.03. The highest BCUT2D eigenvalue weighted by molar-refractivity contribution is 6.00. The molecule has 19 heavy (non-hydrogen) atoms. The molecule has 0 saturated carbocycles. The van der Waals surface area contributed by atoms with Gasteiger partial charge in [-0.05, 0) is 37.0 Å². The van der Waals surface area contributed by atoms with E-state index in [1.165, 1.54) is 30.3 Å². The molecule has 0 spiro atoms. The number of nitrogens with zero attached hydrogens (tertiary/aromatic N) is 2. The molecule has 3 heteroatoms. The van der Waals surface area contributed by atoms with Crippen LogP contribution in [-0.2, 0) is 0 Å². The van der Waals surface area contributed by atoms with Gasteiger partial charge in [0.05, 0.1) is 0 Å². The molecule has 2 aromatic rings. The van der Waals surface area contributed by atoms with Gasteiger partial charge in [-0.2, -0.15) is 0 Å². The first-order valence-electron chi connectivity index (χ1n) is 7.16. The van der Waals surface area contributed by atoms with Gasteiger partial charge in [0, 0.05) is 47.6 Å². The molecule has 1 aromatic carbocycles. The summed E-state index contributed by atoms with van der Waals surface area (Å²) in [6, 6.07) is 6.18.